The maximum Gasteiger partial charge on any atom is 0.138 e. The van der Waals surface area contributed by atoms with Crippen molar-refractivity contribution in [1.29, 1.82) is 0 Å². The summed E-state index contributed by atoms with van der Waals surface area (Å²) in [7, 11) is 0. The van der Waals surface area contributed by atoms with Gasteiger partial charge in [-0.15, -0.1) is 0 Å². The van der Waals surface area contributed by atoms with Gasteiger partial charge in [-0.25, -0.2) is 0 Å². The van der Waals surface area contributed by atoms with Gasteiger partial charge in [-0.1, -0.05) is 156 Å². The topological polar surface area (TPSA) is 16.4 Å². The third-order valence-corrected chi connectivity index (χ3v) is 15.1. The number of rotatable bonds is 5. The molecule has 290 valence electrons. The van der Waals surface area contributed by atoms with Crippen LogP contribution in [0.2, 0.25) is 0 Å². The molecular formula is C57H51NO. The number of anilines is 3. The molecule has 1 heterocycles. The Bertz CT molecular complexity index is 2950. The van der Waals surface area contributed by atoms with Crippen molar-refractivity contribution in [3.63, 3.8) is 0 Å². The van der Waals surface area contributed by atoms with Gasteiger partial charge in [-0.3, -0.25) is 0 Å². The average Bonchev–Trinajstić information content (AvgIpc) is 3.87. The molecule has 0 bridgehead atoms. The first-order chi connectivity index (χ1) is 29.0. The van der Waals surface area contributed by atoms with E-state index in [0.29, 0.717) is 5.92 Å². The Morgan fingerprint density at radius 1 is 0.492 bits per heavy atom. The Hall–Kier alpha value is -5.86. The van der Waals surface area contributed by atoms with Crippen LogP contribution in [0.5, 0.6) is 0 Å². The lowest BCUT2D eigenvalue weighted by Gasteiger charge is -2.37. The lowest BCUT2D eigenvalue weighted by molar-refractivity contribution is 0.353. The summed E-state index contributed by atoms with van der Waals surface area (Å²) in [4.78, 5) is 2.56. The fourth-order valence-corrected chi connectivity index (χ4v) is 12.2. The van der Waals surface area contributed by atoms with E-state index in [1.165, 1.54) is 153 Å². The van der Waals surface area contributed by atoms with E-state index >= 15 is 0 Å². The number of hydrogen-bond donors (Lipinski definition) is 0. The zero-order chi connectivity index (χ0) is 39.3. The summed E-state index contributed by atoms with van der Waals surface area (Å²) in [6.07, 6.45) is 12.8. The summed E-state index contributed by atoms with van der Waals surface area (Å²) in [5.74, 6) is 0.583. The quantitative estimate of drug-likeness (QED) is 0.173. The van der Waals surface area contributed by atoms with Crippen molar-refractivity contribution in [2.24, 2.45) is 0 Å². The predicted octanol–water partition coefficient (Wildman–Crippen LogP) is 16.3. The van der Waals surface area contributed by atoms with E-state index in [1.54, 1.807) is 0 Å². The molecule has 8 aromatic rings. The maximum atomic E-state index is 6.75. The van der Waals surface area contributed by atoms with Crippen molar-refractivity contribution in [3.8, 4) is 33.4 Å². The zero-order valence-electron chi connectivity index (χ0n) is 34.4. The van der Waals surface area contributed by atoms with Gasteiger partial charge in [0, 0.05) is 38.5 Å². The molecule has 7 aromatic carbocycles. The molecule has 59 heavy (non-hydrogen) atoms. The van der Waals surface area contributed by atoms with Crippen LogP contribution in [-0.2, 0) is 10.8 Å². The van der Waals surface area contributed by atoms with Crippen molar-refractivity contribution in [1.82, 2.24) is 0 Å². The molecule has 0 radical (unpaired) electrons. The molecule has 4 aliphatic rings. The van der Waals surface area contributed by atoms with Crippen LogP contribution in [0, 0.1) is 0 Å². The van der Waals surface area contributed by atoms with Crippen LogP contribution in [0.25, 0.3) is 55.3 Å². The van der Waals surface area contributed by atoms with Gasteiger partial charge in [0.2, 0.25) is 0 Å². The molecule has 2 fully saturated rings. The van der Waals surface area contributed by atoms with Gasteiger partial charge in [-0.05, 0) is 130 Å². The first-order valence-electron chi connectivity index (χ1n) is 22.3. The van der Waals surface area contributed by atoms with Crippen LogP contribution in [0.1, 0.15) is 112 Å². The third-order valence-electron chi connectivity index (χ3n) is 15.1. The molecule has 0 unspecified atom stereocenters. The second-order valence-corrected chi connectivity index (χ2v) is 18.5. The molecule has 4 aliphatic carbocycles. The van der Waals surface area contributed by atoms with Crippen molar-refractivity contribution in [2.75, 3.05) is 4.90 Å². The summed E-state index contributed by atoms with van der Waals surface area (Å²) in [5, 5.41) is 2.43. The Balaban J connectivity index is 1.05. The van der Waals surface area contributed by atoms with Gasteiger partial charge in [0.05, 0.1) is 5.69 Å². The standard InChI is InChI=1S/C57H51NO/c1-56(2)49-23-10-7-19-43(49)45-29-27-39(35-51(45)56)58(40-28-30-46-44-20-8-11-24-50(44)57(52(46)36-40)32-13-4-14-33-57)53-25-12-9-18-41(53)38-26-31-54-48(34-38)47-22-15-21-42(55(47)59-54)37-16-5-3-6-17-37/h7-12,15,18-31,34-37H,3-6,13-14,16-17,32-33H2,1-2H3. The minimum absolute atomic E-state index is 0.0663. The predicted molar refractivity (Wildman–Crippen MR) is 247 cm³/mol. The Kier molecular flexibility index (Phi) is 7.93. The fraction of sp³-hybridized carbons (Fsp3) is 0.263. The van der Waals surface area contributed by atoms with Gasteiger partial charge >= 0.3 is 0 Å². The molecule has 0 atom stereocenters. The smallest absolute Gasteiger partial charge is 0.138 e. The van der Waals surface area contributed by atoms with E-state index in [-0.39, 0.29) is 10.8 Å². The second kappa shape index (κ2) is 13.3. The van der Waals surface area contributed by atoms with Crippen molar-refractivity contribution in [3.05, 3.63) is 173 Å². The largest absolute Gasteiger partial charge is 0.456 e. The van der Waals surface area contributed by atoms with Gasteiger partial charge in [0.15, 0.2) is 0 Å². The molecule has 2 saturated carbocycles. The molecular weight excluding hydrogens is 715 g/mol. The highest BCUT2D eigenvalue weighted by atomic mass is 16.3. The second-order valence-electron chi connectivity index (χ2n) is 18.5. The lowest BCUT2D eigenvalue weighted by Crippen LogP contribution is -2.28. The van der Waals surface area contributed by atoms with Gasteiger partial charge in [0.1, 0.15) is 11.2 Å². The van der Waals surface area contributed by atoms with Crippen molar-refractivity contribution < 1.29 is 4.42 Å². The maximum absolute atomic E-state index is 6.75. The van der Waals surface area contributed by atoms with E-state index in [9.17, 15) is 0 Å². The van der Waals surface area contributed by atoms with Crippen LogP contribution in [0.15, 0.2) is 150 Å². The highest BCUT2D eigenvalue weighted by molar-refractivity contribution is 6.08. The van der Waals surface area contributed by atoms with Crippen LogP contribution >= 0.6 is 0 Å². The third kappa shape index (κ3) is 5.24. The molecule has 0 amide bonds. The molecule has 0 aliphatic heterocycles. The van der Waals surface area contributed by atoms with E-state index in [1.807, 2.05) is 0 Å². The van der Waals surface area contributed by atoms with Crippen LogP contribution in [-0.4, -0.2) is 0 Å². The number of benzene rings is 7. The normalized spacial score (nSPS) is 17.5. The highest BCUT2D eigenvalue weighted by Gasteiger charge is 2.44. The van der Waals surface area contributed by atoms with E-state index in [4.69, 9.17) is 4.42 Å². The fourth-order valence-electron chi connectivity index (χ4n) is 12.2. The molecule has 0 saturated heterocycles. The number of nitrogens with zero attached hydrogens (tertiary/aromatic N) is 1. The van der Waals surface area contributed by atoms with Gasteiger partial charge in [-0.2, -0.15) is 0 Å². The average molecular weight is 766 g/mol. The van der Waals surface area contributed by atoms with Gasteiger partial charge < -0.3 is 9.32 Å². The first-order valence-corrected chi connectivity index (χ1v) is 22.3. The molecule has 12 rings (SSSR count). The van der Waals surface area contributed by atoms with Crippen LogP contribution in [0.3, 0.4) is 0 Å². The Morgan fingerprint density at radius 2 is 1.12 bits per heavy atom. The van der Waals surface area contributed by atoms with E-state index in [0.717, 1.165) is 11.2 Å². The van der Waals surface area contributed by atoms with E-state index < -0.39 is 0 Å². The molecule has 0 N–H and O–H groups in total. The minimum Gasteiger partial charge on any atom is -0.456 e. The van der Waals surface area contributed by atoms with Crippen LogP contribution in [0.4, 0.5) is 17.1 Å². The SMILES string of the molecule is CC1(C)c2ccccc2-c2ccc(N(c3ccc4c(c3)C3(CCCCC3)c3ccccc3-4)c3ccccc3-c3ccc4oc5c(C6CCCCC6)cccc5c4c3)cc21. The monoisotopic (exact) mass is 765 g/mol. The Labute approximate surface area is 348 Å². The Morgan fingerprint density at radius 3 is 1.90 bits per heavy atom. The molecule has 2 heteroatoms. The molecule has 1 aromatic heterocycles. The molecule has 2 nitrogen and oxygen atoms in total. The number of hydrogen-bond acceptors (Lipinski definition) is 2. The zero-order valence-corrected chi connectivity index (χ0v) is 34.4. The van der Waals surface area contributed by atoms with Crippen LogP contribution < -0.4 is 4.90 Å². The first kappa shape index (κ1) is 35.1. The summed E-state index contributed by atoms with van der Waals surface area (Å²) >= 11 is 0. The summed E-state index contributed by atoms with van der Waals surface area (Å²) in [6, 6.07) is 55.7. The van der Waals surface area contributed by atoms with Crippen molar-refractivity contribution >= 4 is 39.0 Å². The number of furan rings is 1. The number of para-hydroxylation sites is 2. The minimum atomic E-state index is -0.108. The lowest BCUT2D eigenvalue weighted by atomic mass is 9.68. The summed E-state index contributed by atoms with van der Waals surface area (Å²) in [5.41, 5.74) is 20.8. The molecule has 1 spiro atoms. The summed E-state index contributed by atoms with van der Waals surface area (Å²) in [6.45, 7) is 4.78. The van der Waals surface area contributed by atoms with E-state index in [2.05, 4.69) is 164 Å². The highest BCUT2D eigenvalue weighted by Crippen LogP contribution is 2.58. The van der Waals surface area contributed by atoms with Crippen molar-refractivity contribution in [2.45, 2.75) is 94.8 Å². The summed E-state index contributed by atoms with van der Waals surface area (Å²) < 4.78 is 6.75. The number of fused-ring (bicyclic) bond motifs is 11. The van der Waals surface area contributed by atoms with Gasteiger partial charge in [0.25, 0.3) is 0 Å².